The van der Waals surface area contributed by atoms with Crippen LogP contribution in [0.1, 0.15) is 188 Å². The zero-order chi connectivity index (χ0) is 29.5. The Morgan fingerprint density at radius 1 is 0.462 bits per heavy atom. The summed E-state index contributed by atoms with van der Waals surface area (Å²) < 4.78 is 13.3. The topological polar surface area (TPSA) is 57.5 Å². The van der Waals surface area contributed by atoms with Crippen LogP contribution in [0.15, 0.2) is 0 Å². The quantitative estimate of drug-likeness (QED) is 0.0671. The predicted octanol–water partition coefficient (Wildman–Crippen LogP) is 12.5. The molecule has 0 heterocycles. The molecule has 0 radical (unpaired) electrons. The number of hydrogen-bond donors (Lipinski definition) is 2. The Bertz CT molecular complexity index is 577. The summed E-state index contributed by atoms with van der Waals surface area (Å²) in [6.45, 7) is 10.9. The molecule has 0 saturated carbocycles. The van der Waals surface area contributed by atoms with Gasteiger partial charge in [0, 0.05) is 0 Å². The van der Waals surface area contributed by atoms with Crippen molar-refractivity contribution >= 4 is 14.2 Å². The SMILES string of the molecule is CCCCCCCCCCCCCCC(CCCCCCCCCCCCCC)(P(=O)(O)O)P(C)(C)(C)CC. The van der Waals surface area contributed by atoms with Crippen molar-refractivity contribution in [2.45, 2.75) is 193 Å². The molecule has 0 aliphatic carbocycles. The summed E-state index contributed by atoms with van der Waals surface area (Å²) in [6, 6.07) is 0. The maximum atomic E-state index is 13.3. The van der Waals surface area contributed by atoms with Gasteiger partial charge >= 0.3 is 208 Å². The van der Waals surface area contributed by atoms with Gasteiger partial charge in [-0.05, 0) is 0 Å². The van der Waals surface area contributed by atoms with E-state index in [9.17, 15) is 14.4 Å². The Kier molecular flexibility index (Phi) is 22.5. The molecule has 0 bridgehead atoms. The maximum absolute atomic E-state index is 13.3. The standard InChI is InChI=1S/C34H74O3P2/c1-7-10-12-14-16-18-20-22-24-26-28-30-32-34(38(35,36)37,39(4,5,6)9-3)33-31-29-27-25-23-21-19-17-15-13-11-8-2/h7-33H2,1-6H3,(H2,35,36,37). The van der Waals surface area contributed by atoms with Crippen molar-refractivity contribution < 1.29 is 14.4 Å². The van der Waals surface area contributed by atoms with Crippen LogP contribution in [0.2, 0.25) is 0 Å². The third-order valence-corrected chi connectivity index (χ3v) is 20.3. The van der Waals surface area contributed by atoms with E-state index in [0.717, 1.165) is 31.8 Å². The normalized spacial score (nSPS) is 14.0. The molecular weight excluding hydrogens is 518 g/mol. The summed E-state index contributed by atoms with van der Waals surface area (Å²) in [4.78, 5) is 20.9. The first-order valence-corrected chi connectivity index (χ1v) is 22.9. The van der Waals surface area contributed by atoms with Crippen molar-refractivity contribution in [2.75, 3.05) is 26.2 Å². The minimum absolute atomic E-state index is 0.710. The number of hydrogen-bond acceptors (Lipinski definition) is 1. The molecule has 3 nitrogen and oxygen atoms in total. The molecule has 0 fully saturated rings. The molecule has 0 rings (SSSR count). The second-order valence-corrected chi connectivity index (χ2v) is 24.3. The van der Waals surface area contributed by atoms with Crippen LogP contribution < -0.4 is 0 Å². The van der Waals surface area contributed by atoms with Crippen molar-refractivity contribution in [1.29, 1.82) is 0 Å². The van der Waals surface area contributed by atoms with Crippen LogP contribution in [0.4, 0.5) is 0 Å². The average molecular weight is 593 g/mol. The molecule has 0 aromatic heterocycles. The van der Waals surface area contributed by atoms with Gasteiger partial charge in [-0.25, -0.2) is 0 Å². The molecule has 0 saturated heterocycles. The summed E-state index contributed by atoms with van der Waals surface area (Å²) in [5.74, 6) is 0. The van der Waals surface area contributed by atoms with Gasteiger partial charge in [-0.2, -0.15) is 0 Å². The van der Waals surface area contributed by atoms with E-state index in [1.54, 1.807) is 0 Å². The van der Waals surface area contributed by atoms with Crippen LogP contribution in [-0.4, -0.2) is 40.8 Å². The van der Waals surface area contributed by atoms with Crippen molar-refractivity contribution in [1.82, 2.24) is 0 Å². The van der Waals surface area contributed by atoms with E-state index >= 15 is 0 Å². The molecule has 0 aromatic carbocycles. The molecule has 2 N–H and O–H groups in total. The summed E-state index contributed by atoms with van der Waals surface area (Å²) in [6.07, 6.45) is 33.3. The molecule has 0 spiro atoms. The zero-order valence-corrected chi connectivity index (χ0v) is 29.6. The van der Waals surface area contributed by atoms with Gasteiger partial charge in [0.2, 0.25) is 0 Å². The van der Waals surface area contributed by atoms with Crippen molar-refractivity contribution in [3.63, 3.8) is 0 Å². The van der Waals surface area contributed by atoms with Crippen molar-refractivity contribution in [3.05, 3.63) is 0 Å². The molecule has 0 unspecified atom stereocenters. The Morgan fingerprint density at radius 3 is 0.897 bits per heavy atom. The fourth-order valence-corrected chi connectivity index (χ4v) is 14.3. The first-order chi connectivity index (χ1) is 18.5. The Morgan fingerprint density at radius 2 is 0.692 bits per heavy atom. The third-order valence-electron chi connectivity index (χ3n) is 10.1. The van der Waals surface area contributed by atoms with Gasteiger partial charge in [-0.1, -0.05) is 39.5 Å². The fourth-order valence-electron chi connectivity index (χ4n) is 6.52. The van der Waals surface area contributed by atoms with Gasteiger partial charge in [-0.3, -0.25) is 0 Å². The molecule has 0 aliphatic heterocycles. The number of unbranched alkanes of at least 4 members (excludes halogenated alkanes) is 22. The molecule has 39 heavy (non-hydrogen) atoms. The molecule has 5 heteroatoms. The van der Waals surface area contributed by atoms with E-state index in [-0.39, 0.29) is 0 Å². The predicted molar refractivity (Wildman–Crippen MR) is 181 cm³/mol. The first-order valence-electron chi connectivity index (χ1n) is 17.5. The second kappa shape index (κ2) is 22.2. The summed E-state index contributed by atoms with van der Waals surface area (Å²) >= 11 is 0. The van der Waals surface area contributed by atoms with Crippen LogP contribution >= 0.6 is 14.2 Å². The van der Waals surface area contributed by atoms with E-state index in [0.29, 0.717) is 12.8 Å². The minimum atomic E-state index is -4.22. The van der Waals surface area contributed by atoms with Gasteiger partial charge in [-0.15, -0.1) is 0 Å². The summed E-state index contributed by atoms with van der Waals surface area (Å²) in [7, 11) is -4.22. The van der Waals surface area contributed by atoms with Gasteiger partial charge in [0.05, 0.1) is 0 Å². The van der Waals surface area contributed by atoms with Gasteiger partial charge in [0.15, 0.2) is 0 Å². The molecule has 0 atom stereocenters. The van der Waals surface area contributed by atoms with Crippen LogP contribution in [-0.2, 0) is 4.57 Å². The Labute approximate surface area is 247 Å². The zero-order valence-electron chi connectivity index (χ0n) is 27.8. The second-order valence-electron chi connectivity index (χ2n) is 14.2. The van der Waals surface area contributed by atoms with Crippen LogP contribution in [0, 0.1) is 0 Å². The average Bonchev–Trinajstić information content (AvgIpc) is 2.87. The Balaban J connectivity index is 4.55. The summed E-state index contributed by atoms with van der Waals surface area (Å²) in [5, 5.41) is 0. The van der Waals surface area contributed by atoms with Gasteiger partial charge < -0.3 is 0 Å². The fraction of sp³-hybridized carbons (Fsp3) is 1.00. The third kappa shape index (κ3) is 16.7. The molecular formula is C34H74O3P2. The van der Waals surface area contributed by atoms with Crippen LogP contribution in [0.3, 0.4) is 0 Å². The molecule has 238 valence electrons. The van der Waals surface area contributed by atoms with Crippen molar-refractivity contribution in [2.24, 2.45) is 0 Å². The van der Waals surface area contributed by atoms with E-state index in [1.165, 1.54) is 128 Å². The molecule has 0 amide bonds. The van der Waals surface area contributed by atoms with E-state index < -0.39 is 19.1 Å². The van der Waals surface area contributed by atoms with E-state index in [1.807, 2.05) is 0 Å². The summed E-state index contributed by atoms with van der Waals surface area (Å²) in [5.41, 5.74) is 0. The number of rotatable bonds is 29. The van der Waals surface area contributed by atoms with Gasteiger partial charge in [0.1, 0.15) is 0 Å². The monoisotopic (exact) mass is 593 g/mol. The Hall–Kier alpha value is 0.580. The first kappa shape index (κ1) is 39.6. The van der Waals surface area contributed by atoms with E-state index in [2.05, 4.69) is 40.8 Å². The van der Waals surface area contributed by atoms with E-state index in [4.69, 9.17) is 0 Å². The van der Waals surface area contributed by atoms with Crippen LogP contribution in [0.25, 0.3) is 0 Å². The molecule has 0 aliphatic rings. The van der Waals surface area contributed by atoms with Gasteiger partial charge in [0.25, 0.3) is 0 Å². The molecule has 0 aromatic rings. The van der Waals surface area contributed by atoms with Crippen molar-refractivity contribution in [3.8, 4) is 0 Å². The van der Waals surface area contributed by atoms with Crippen LogP contribution in [0.5, 0.6) is 0 Å².